The third kappa shape index (κ3) is 6.92. The fourth-order valence-electron chi connectivity index (χ4n) is 2.70. The number of carbonyl (C=O) groups is 1. The molecule has 0 aliphatic carbocycles. The van der Waals surface area contributed by atoms with Crippen LogP contribution in [0, 0.1) is 0 Å². The number of rotatable bonds is 9. The molecule has 174 valence electrons. The van der Waals surface area contributed by atoms with Gasteiger partial charge in [0.25, 0.3) is 0 Å². The molecule has 0 aliphatic heterocycles. The Morgan fingerprint density at radius 2 is 1.97 bits per heavy atom. The second kappa shape index (κ2) is 10.3. The number of alkyl halides is 3. The van der Waals surface area contributed by atoms with Gasteiger partial charge in [-0.2, -0.15) is 13.2 Å². The Kier molecular flexibility index (Phi) is 8.24. The van der Waals surface area contributed by atoms with Gasteiger partial charge in [-0.1, -0.05) is 18.7 Å². The molecule has 1 heterocycles. The maximum Gasteiger partial charge on any atom is 0.415 e. The molecular formula is C21H23F3N2O4S2. The Hall–Kier alpha value is -2.66. The first-order chi connectivity index (χ1) is 14.8. The minimum Gasteiger partial charge on any atom is -0.453 e. The number of thioether (sulfide) groups is 1. The van der Waals surface area contributed by atoms with Crippen LogP contribution < -0.4 is 0 Å². The number of aromatic amines is 1. The van der Waals surface area contributed by atoms with Crippen LogP contribution in [-0.2, 0) is 19.4 Å². The molecule has 0 spiro atoms. The lowest BCUT2D eigenvalue weighted by atomic mass is 10.2. The van der Waals surface area contributed by atoms with Crippen molar-refractivity contribution < 1.29 is 31.1 Å². The number of sulfone groups is 1. The third-order valence-corrected chi connectivity index (χ3v) is 5.79. The fraction of sp³-hybridized carbons (Fsp3) is 0.286. The number of hydrogen-bond donors (Lipinski definition) is 1. The molecule has 0 aliphatic rings. The van der Waals surface area contributed by atoms with Crippen molar-refractivity contribution in [2.24, 2.45) is 0 Å². The van der Waals surface area contributed by atoms with Crippen LogP contribution in [0.5, 0.6) is 0 Å². The van der Waals surface area contributed by atoms with E-state index in [4.69, 9.17) is 4.74 Å². The quantitative estimate of drug-likeness (QED) is 0.321. The minimum atomic E-state index is -4.65. The fourth-order valence-corrected chi connectivity index (χ4v) is 3.61. The Morgan fingerprint density at radius 1 is 1.28 bits per heavy atom. The number of nitrogens with zero attached hydrogens (tertiary/aromatic N) is 1. The van der Waals surface area contributed by atoms with E-state index in [1.165, 1.54) is 35.8 Å². The maximum absolute atomic E-state index is 13.1. The van der Waals surface area contributed by atoms with E-state index in [0.29, 0.717) is 11.3 Å². The van der Waals surface area contributed by atoms with E-state index in [9.17, 15) is 26.4 Å². The molecule has 0 fully saturated rings. The topological polar surface area (TPSA) is 79.5 Å². The third-order valence-electron chi connectivity index (χ3n) is 4.33. The molecule has 1 aromatic carbocycles. The Bertz CT molecular complexity index is 1120. The summed E-state index contributed by atoms with van der Waals surface area (Å²) in [5, 5.41) is 0. The van der Waals surface area contributed by atoms with Crippen LogP contribution in [0.25, 0.3) is 17.0 Å². The van der Waals surface area contributed by atoms with Crippen molar-refractivity contribution in [3.05, 3.63) is 60.3 Å². The van der Waals surface area contributed by atoms with Crippen molar-refractivity contribution in [2.45, 2.75) is 11.1 Å². The molecule has 11 heteroatoms. The molecular weight excluding hydrogens is 465 g/mol. The van der Waals surface area contributed by atoms with Gasteiger partial charge in [0.2, 0.25) is 0 Å². The van der Waals surface area contributed by atoms with Crippen LogP contribution in [-0.4, -0.2) is 62.5 Å². The van der Waals surface area contributed by atoms with Gasteiger partial charge >= 0.3 is 12.1 Å². The highest BCUT2D eigenvalue weighted by Gasteiger charge is 2.31. The maximum atomic E-state index is 13.1. The predicted molar refractivity (Wildman–Crippen MR) is 120 cm³/mol. The summed E-state index contributed by atoms with van der Waals surface area (Å²) in [6, 6.07) is 9.32. The first-order valence-electron chi connectivity index (χ1n) is 9.16. The SMILES string of the molecule is C=C(/C=C(/c1ccc(-c2cccc(S(C)(=O)=O)c2)[nH]1)N(C)CC(=O)OCSC)C(F)(F)F. The first-order valence-corrected chi connectivity index (χ1v) is 12.4. The molecule has 2 aromatic rings. The Labute approximate surface area is 189 Å². The summed E-state index contributed by atoms with van der Waals surface area (Å²) >= 11 is 1.29. The largest absolute Gasteiger partial charge is 0.453 e. The number of halogens is 3. The molecule has 0 radical (unpaired) electrons. The number of benzene rings is 1. The number of aromatic nitrogens is 1. The summed E-state index contributed by atoms with van der Waals surface area (Å²) in [4.78, 5) is 16.4. The number of H-pyrrole nitrogens is 1. The second-order valence-corrected chi connectivity index (χ2v) is 9.75. The van der Waals surface area contributed by atoms with Gasteiger partial charge < -0.3 is 14.6 Å². The van der Waals surface area contributed by atoms with Gasteiger partial charge in [-0.25, -0.2) is 8.42 Å². The molecule has 2 rings (SSSR count). The smallest absolute Gasteiger partial charge is 0.415 e. The Morgan fingerprint density at radius 3 is 2.56 bits per heavy atom. The van der Waals surface area contributed by atoms with Crippen LogP contribution in [0.2, 0.25) is 0 Å². The predicted octanol–water partition coefficient (Wildman–Crippen LogP) is 4.34. The number of likely N-dealkylation sites (N-methyl/N-ethyl adjacent to an activating group) is 1. The van der Waals surface area contributed by atoms with E-state index < -0.39 is 27.6 Å². The summed E-state index contributed by atoms with van der Waals surface area (Å²) in [5.41, 5.74) is 0.295. The summed E-state index contributed by atoms with van der Waals surface area (Å²) in [6.07, 6.45) is -0.981. The molecule has 0 bridgehead atoms. The van der Waals surface area contributed by atoms with Crippen LogP contribution in [0.15, 0.2) is 59.5 Å². The van der Waals surface area contributed by atoms with Crippen LogP contribution >= 0.6 is 11.8 Å². The lowest BCUT2D eigenvalue weighted by Gasteiger charge is -2.22. The molecule has 1 aromatic heterocycles. The molecule has 0 saturated heterocycles. The van der Waals surface area contributed by atoms with E-state index in [0.717, 1.165) is 12.3 Å². The highest BCUT2D eigenvalue weighted by atomic mass is 32.2. The van der Waals surface area contributed by atoms with Gasteiger partial charge in [-0.05, 0) is 42.2 Å². The summed E-state index contributed by atoms with van der Waals surface area (Å²) < 4.78 is 68.0. The zero-order valence-corrected chi connectivity index (χ0v) is 19.3. The first kappa shape index (κ1) is 25.6. The van der Waals surface area contributed by atoms with Crippen molar-refractivity contribution >= 4 is 33.3 Å². The lowest BCUT2D eigenvalue weighted by molar-refractivity contribution is -0.141. The molecule has 0 amide bonds. The lowest BCUT2D eigenvalue weighted by Crippen LogP contribution is -2.27. The van der Waals surface area contributed by atoms with E-state index in [1.807, 2.05) is 0 Å². The zero-order valence-electron chi connectivity index (χ0n) is 17.7. The Balaban J connectivity index is 2.43. The number of ether oxygens (including phenoxy) is 1. The van der Waals surface area contributed by atoms with E-state index in [2.05, 4.69) is 11.6 Å². The van der Waals surface area contributed by atoms with Crippen LogP contribution in [0.1, 0.15) is 5.69 Å². The highest BCUT2D eigenvalue weighted by molar-refractivity contribution is 7.98. The summed E-state index contributed by atoms with van der Waals surface area (Å²) in [6.45, 7) is 2.80. The summed E-state index contributed by atoms with van der Waals surface area (Å²) in [7, 11) is -1.97. The van der Waals surface area contributed by atoms with E-state index >= 15 is 0 Å². The standard InChI is InChI=1S/C21H23F3N2O4S2/c1-14(21(22,23)24)10-19(26(2)12-20(27)30-13-31-3)18-9-8-17(25-18)15-6-5-7-16(11-15)32(4,28)29/h5-11,25H,1,12-13H2,2-4H3/b19-10-. The van der Waals surface area contributed by atoms with Gasteiger partial charge in [-0.3, -0.25) is 4.79 Å². The molecule has 0 saturated carbocycles. The van der Waals surface area contributed by atoms with Crippen LogP contribution in [0.3, 0.4) is 0 Å². The number of nitrogens with one attached hydrogen (secondary N) is 1. The molecule has 32 heavy (non-hydrogen) atoms. The van der Waals surface area contributed by atoms with E-state index in [-0.39, 0.29) is 28.8 Å². The number of esters is 1. The second-order valence-electron chi connectivity index (χ2n) is 6.92. The highest BCUT2D eigenvalue weighted by Crippen LogP contribution is 2.30. The van der Waals surface area contributed by atoms with Gasteiger partial charge in [0.1, 0.15) is 12.5 Å². The van der Waals surface area contributed by atoms with Crippen molar-refractivity contribution in [3.8, 4) is 11.3 Å². The normalized spacial score (nSPS) is 12.5. The molecule has 1 N–H and O–H groups in total. The van der Waals surface area contributed by atoms with Crippen LogP contribution in [0.4, 0.5) is 13.2 Å². The number of carbonyl (C=O) groups excluding carboxylic acids is 1. The van der Waals surface area contributed by atoms with Gasteiger partial charge in [0.05, 0.1) is 21.9 Å². The minimum absolute atomic E-state index is 0.0685. The summed E-state index contributed by atoms with van der Waals surface area (Å²) in [5.74, 6) is -0.470. The zero-order chi connectivity index (χ0) is 24.1. The number of allylic oxidation sites excluding steroid dienone is 2. The average molecular weight is 489 g/mol. The van der Waals surface area contributed by atoms with E-state index in [1.54, 1.807) is 30.5 Å². The van der Waals surface area contributed by atoms with Gasteiger partial charge in [0.15, 0.2) is 9.84 Å². The molecule has 0 unspecified atom stereocenters. The van der Waals surface area contributed by atoms with Crippen molar-refractivity contribution in [3.63, 3.8) is 0 Å². The van der Waals surface area contributed by atoms with Crippen molar-refractivity contribution in [1.29, 1.82) is 0 Å². The number of hydrogen-bond acceptors (Lipinski definition) is 6. The van der Waals surface area contributed by atoms with Gasteiger partial charge in [0, 0.05) is 19.0 Å². The average Bonchev–Trinajstić information content (AvgIpc) is 3.18. The van der Waals surface area contributed by atoms with Crippen molar-refractivity contribution in [1.82, 2.24) is 9.88 Å². The molecule has 0 atom stereocenters. The van der Waals surface area contributed by atoms with Crippen molar-refractivity contribution in [2.75, 3.05) is 32.0 Å². The van der Waals surface area contributed by atoms with Gasteiger partial charge in [-0.15, -0.1) is 11.8 Å². The monoisotopic (exact) mass is 488 g/mol. The molecule has 6 nitrogen and oxygen atoms in total.